The second kappa shape index (κ2) is 13.1. The van der Waals surface area contributed by atoms with Crippen LogP contribution < -0.4 is 4.74 Å². The lowest BCUT2D eigenvalue weighted by Crippen LogP contribution is -2.17. The molecule has 7 nitrogen and oxygen atoms in total. The number of methoxy groups -OCH3 is 1. The highest BCUT2D eigenvalue weighted by atomic mass is 16.5. The zero-order valence-corrected chi connectivity index (χ0v) is 19.5. The van der Waals surface area contributed by atoms with Crippen molar-refractivity contribution in [2.45, 2.75) is 76.9 Å². The van der Waals surface area contributed by atoms with E-state index in [0.717, 1.165) is 36.8 Å². The van der Waals surface area contributed by atoms with E-state index in [0.29, 0.717) is 24.2 Å². The number of Topliss-reactive ketones (excluding diaryl/α,β-unsaturated/α-hetero) is 1. The lowest BCUT2D eigenvalue weighted by molar-refractivity contribution is -0.121. The van der Waals surface area contributed by atoms with E-state index in [-0.39, 0.29) is 48.4 Å². The Labute approximate surface area is 195 Å². The van der Waals surface area contributed by atoms with Gasteiger partial charge in [0.05, 0.1) is 19.8 Å². The molecular formula is C26H36O7. The van der Waals surface area contributed by atoms with Gasteiger partial charge in [-0.25, -0.2) is 0 Å². The summed E-state index contributed by atoms with van der Waals surface area (Å²) in [4.78, 5) is 12.8. The Balaban J connectivity index is 2.06. The van der Waals surface area contributed by atoms with Crippen molar-refractivity contribution in [1.82, 2.24) is 0 Å². The zero-order valence-electron chi connectivity index (χ0n) is 19.5. The van der Waals surface area contributed by atoms with E-state index in [1.54, 1.807) is 12.1 Å². The molecule has 0 heterocycles. The summed E-state index contributed by atoms with van der Waals surface area (Å²) in [5.74, 6) is -0.393. The molecule has 0 aliphatic carbocycles. The minimum absolute atomic E-state index is 0.0119. The van der Waals surface area contributed by atoms with Gasteiger partial charge in [-0.1, -0.05) is 32.3 Å². The van der Waals surface area contributed by atoms with E-state index >= 15 is 0 Å². The highest BCUT2D eigenvalue weighted by Gasteiger charge is 2.22. The van der Waals surface area contributed by atoms with Crippen molar-refractivity contribution in [3.63, 3.8) is 0 Å². The summed E-state index contributed by atoms with van der Waals surface area (Å²) in [6, 6.07) is 7.68. The fraction of sp³-hybridized carbons (Fsp3) is 0.500. The number of rotatable bonds is 14. The molecule has 0 spiro atoms. The van der Waals surface area contributed by atoms with Gasteiger partial charge in [0.1, 0.15) is 5.78 Å². The van der Waals surface area contributed by atoms with Crippen molar-refractivity contribution in [1.29, 1.82) is 0 Å². The van der Waals surface area contributed by atoms with E-state index in [1.807, 2.05) is 0 Å². The summed E-state index contributed by atoms with van der Waals surface area (Å²) in [5, 5.41) is 49.3. The van der Waals surface area contributed by atoms with Gasteiger partial charge in [0.15, 0.2) is 23.0 Å². The summed E-state index contributed by atoms with van der Waals surface area (Å²) in [5.41, 5.74) is 2.11. The van der Waals surface area contributed by atoms with E-state index in [9.17, 15) is 30.3 Å². The highest BCUT2D eigenvalue weighted by Crippen LogP contribution is 2.37. The number of unbranched alkanes of at least 4 members (excludes halogenated alkanes) is 2. The summed E-state index contributed by atoms with van der Waals surface area (Å²) in [6.45, 7) is 1.85. The molecule has 7 heteroatoms. The normalized spacial score (nSPS) is 13.0. The second-order valence-electron chi connectivity index (χ2n) is 8.54. The summed E-state index contributed by atoms with van der Waals surface area (Å²) < 4.78 is 5.23. The summed E-state index contributed by atoms with van der Waals surface area (Å²) in [7, 11) is 1.46. The number of ether oxygens (including phenoxy) is 1. The first-order valence-corrected chi connectivity index (χ1v) is 11.5. The number of phenols is 3. The van der Waals surface area contributed by atoms with Crippen LogP contribution in [0.5, 0.6) is 23.0 Å². The third-order valence-corrected chi connectivity index (χ3v) is 5.95. The predicted molar refractivity (Wildman–Crippen MR) is 126 cm³/mol. The quantitative estimate of drug-likeness (QED) is 0.210. The molecule has 0 unspecified atom stereocenters. The van der Waals surface area contributed by atoms with Crippen LogP contribution in [0.2, 0.25) is 0 Å². The molecular weight excluding hydrogens is 424 g/mol. The van der Waals surface area contributed by atoms with Gasteiger partial charge in [-0.3, -0.25) is 4.79 Å². The van der Waals surface area contributed by atoms with Crippen LogP contribution in [-0.2, 0) is 17.8 Å². The molecule has 2 rings (SSSR count). The van der Waals surface area contributed by atoms with Crippen molar-refractivity contribution < 1.29 is 35.1 Å². The first-order valence-electron chi connectivity index (χ1n) is 11.5. The van der Waals surface area contributed by atoms with Crippen molar-refractivity contribution >= 4 is 5.78 Å². The summed E-state index contributed by atoms with van der Waals surface area (Å²) >= 11 is 0. The number of aromatic hydroxyl groups is 3. The number of hydrogen-bond acceptors (Lipinski definition) is 7. The van der Waals surface area contributed by atoms with Crippen LogP contribution in [-0.4, -0.2) is 44.5 Å². The molecule has 2 aromatic carbocycles. The van der Waals surface area contributed by atoms with Crippen LogP contribution >= 0.6 is 0 Å². The Bertz CT molecular complexity index is 910. The Kier molecular flexibility index (Phi) is 10.5. The van der Waals surface area contributed by atoms with Gasteiger partial charge in [0, 0.05) is 12.8 Å². The van der Waals surface area contributed by atoms with Gasteiger partial charge in [-0.05, 0) is 66.1 Å². The maximum Gasteiger partial charge on any atom is 0.160 e. The fourth-order valence-corrected chi connectivity index (χ4v) is 4.10. The lowest BCUT2D eigenvalue weighted by atomic mass is 9.84. The minimum atomic E-state index is -0.823. The minimum Gasteiger partial charge on any atom is -0.504 e. The number of phenolic OH excluding ortho intramolecular Hbond substituents is 3. The first kappa shape index (κ1) is 26.5. The topological polar surface area (TPSA) is 127 Å². The molecule has 0 saturated heterocycles. The van der Waals surface area contributed by atoms with Crippen LogP contribution in [0.25, 0.3) is 0 Å². The molecule has 2 atom stereocenters. The number of carbonyl (C=O) groups is 1. The second-order valence-corrected chi connectivity index (χ2v) is 8.54. The van der Waals surface area contributed by atoms with Crippen LogP contribution in [0.4, 0.5) is 0 Å². The van der Waals surface area contributed by atoms with Gasteiger partial charge in [0.25, 0.3) is 0 Å². The largest absolute Gasteiger partial charge is 0.504 e. The average molecular weight is 461 g/mol. The molecule has 2 aromatic rings. The Hall–Kier alpha value is -2.77. The predicted octanol–water partition coefficient (Wildman–Crippen LogP) is 4.31. The SMILES string of the molecule is CCCCC[C@H](CC(=O)C[C@H](O)CCc1ccc(O)c(O)c1)c1cc(OC)c(O)cc1CO. The molecule has 182 valence electrons. The average Bonchev–Trinajstić information content (AvgIpc) is 2.79. The maximum atomic E-state index is 12.8. The summed E-state index contributed by atoms with van der Waals surface area (Å²) in [6.07, 6.45) is 3.97. The van der Waals surface area contributed by atoms with Crippen molar-refractivity contribution in [3.05, 3.63) is 47.0 Å². The van der Waals surface area contributed by atoms with Crippen molar-refractivity contribution in [2.75, 3.05) is 7.11 Å². The number of ketones is 1. The number of aliphatic hydroxyl groups excluding tert-OH is 2. The highest BCUT2D eigenvalue weighted by molar-refractivity contribution is 5.80. The maximum absolute atomic E-state index is 12.8. The van der Waals surface area contributed by atoms with Gasteiger partial charge in [-0.2, -0.15) is 0 Å². The van der Waals surface area contributed by atoms with Crippen LogP contribution in [0.3, 0.4) is 0 Å². The third kappa shape index (κ3) is 7.94. The first-order chi connectivity index (χ1) is 15.8. The zero-order chi connectivity index (χ0) is 24.4. The molecule has 0 radical (unpaired) electrons. The monoisotopic (exact) mass is 460 g/mol. The fourth-order valence-electron chi connectivity index (χ4n) is 4.10. The smallest absolute Gasteiger partial charge is 0.160 e. The van der Waals surface area contributed by atoms with E-state index in [4.69, 9.17) is 4.74 Å². The molecule has 0 fully saturated rings. The number of aliphatic hydroxyl groups is 2. The molecule has 0 aliphatic heterocycles. The number of carbonyl (C=O) groups excluding carboxylic acids is 1. The van der Waals surface area contributed by atoms with Gasteiger partial charge < -0.3 is 30.3 Å². The van der Waals surface area contributed by atoms with Crippen LogP contribution in [0.1, 0.15) is 74.5 Å². The Morgan fingerprint density at radius 3 is 2.36 bits per heavy atom. The van der Waals surface area contributed by atoms with Gasteiger partial charge >= 0.3 is 0 Å². The molecule has 33 heavy (non-hydrogen) atoms. The molecule has 0 amide bonds. The molecule has 0 aromatic heterocycles. The third-order valence-electron chi connectivity index (χ3n) is 5.95. The van der Waals surface area contributed by atoms with Crippen molar-refractivity contribution in [2.24, 2.45) is 0 Å². The standard InChI is InChI=1S/C26H36O7/c1-3-4-5-6-18(22-15-26(33-2)25(32)13-19(22)16-27)12-21(29)14-20(28)9-7-17-8-10-23(30)24(31)11-17/h8,10-11,13,15,18,20,27-28,30-32H,3-7,9,12,14,16H2,1-2H3/t18-,20-/m1/s1. The Morgan fingerprint density at radius 1 is 0.970 bits per heavy atom. The number of aryl methyl sites for hydroxylation is 1. The number of hydrogen-bond donors (Lipinski definition) is 5. The van der Waals surface area contributed by atoms with E-state index in [1.165, 1.54) is 25.3 Å². The van der Waals surface area contributed by atoms with Crippen LogP contribution in [0, 0.1) is 0 Å². The van der Waals surface area contributed by atoms with Gasteiger partial charge in [0.2, 0.25) is 0 Å². The molecule has 0 saturated carbocycles. The van der Waals surface area contributed by atoms with Gasteiger partial charge in [-0.15, -0.1) is 0 Å². The lowest BCUT2D eigenvalue weighted by Gasteiger charge is -2.22. The number of benzene rings is 2. The molecule has 5 N–H and O–H groups in total. The van der Waals surface area contributed by atoms with E-state index < -0.39 is 6.10 Å². The molecule has 0 aliphatic rings. The molecule has 0 bridgehead atoms. The van der Waals surface area contributed by atoms with Crippen LogP contribution in [0.15, 0.2) is 30.3 Å². The Morgan fingerprint density at radius 2 is 1.73 bits per heavy atom. The van der Waals surface area contributed by atoms with Crippen molar-refractivity contribution in [3.8, 4) is 23.0 Å². The van der Waals surface area contributed by atoms with E-state index in [2.05, 4.69) is 6.92 Å².